The predicted octanol–water partition coefficient (Wildman–Crippen LogP) is 14.6. The third kappa shape index (κ3) is 4.39. The van der Waals surface area contributed by atoms with Crippen LogP contribution in [0.4, 0.5) is 17.1 Å². The van der Waals surface area contributed by atoms with Crippen LogP contribution in [0.2, 0.25) is 0 Å². The van der Waals surface area contributed by atoms with Crippen LogP contribution in [0, 0.1) is 0 Å². The van der Waals surface area contributed by atoms with E-state index in [2.05, 4.69) is 150 Å². The number of rotatable bonds is 4. The minimum Gasteiger partial charge on any atom is -0.456 e. The first-order chi connectivity index (χ1) is 24.7. The second-order valence-electron chi connectivity index (χ2n) is 13.0. The number of hydrogen-bond donors (Lipinski definition) is 0. The Morgan fingerprint density at radius 3 is 1.50 bits per heavy atom. The Morgan fingerprint density at radius 2 is 0.900 bits per heavy atom. The van der Waals surface area contributed by atoms with Crippen LogP contribution in [0.15, 0.2) is 168 Å². The minimum absolute atomic E-state index is 0.875. The molecule has 0 fully saturated rings. The molecular weight excluding hydrogens is 647 g/mol. The van der Waals surface area contributed by atoms with E-state index in [-0.39, 0.29) is 0 Å². The van der Waals surface area contributed by atoms with E-state index in [0.29, 0.717) is 0 Å². The summed E-state index contributed by atoms with van der Waals surface area (Å²) >= 11 is 3.73. The fourth-order valence-electron chi connectivity index (χ4n) is 7.54. The molecular formula is C46H27NOS2. The van der Waals surface area contributed by atoms with Crippen molar-refractivity contribution < 1.29 is 4.42 Å². The average Bonchev–Trinajstić information content (AvgIpc) is 3.86. The van der Waals surface area contributed by atoms with Crippen LogP contribution in [-0.4, -0.2) is 0 Å². The first kappa shape index (κ1) is 28.0. The highest BCUT2D eigenvalue weighted by Gasteiger charge is 2.17. The number of furan rings is 1. The molecule has 0 aliphatic heterocycles. The van der Waals surface area contributed by atoms with Crippen LogP contribution >= 0.6 is 22.7 Å². The molecule has 8 aromatic carbocycles. The molecule has 0 saturated carbocycles. The normalized spacial score (nSPS) is 12.0. The highest BCUT2D eigenvalue weighted by molar-refractivity contribution is 7.26. The number of nitrogens with zero attached hydrogens (tertiary/aromatic N) is 1. The highest BCUT2D eigenvalue weighted by Crippen LogP contribution is 2.43. The molecule has 0 aliphatic carbocycles. The van der Waals surface area contributed by atoms with Gasteiger partial charge in [0.1, 0.15) is 11.3 Å². The summed E-state index contributed by atoms with van der Waals surface area (Å²) < 4.78 is 11.5. The summed E-state index contributed by atoms with van der Waals surface area (Å²) in [7, 11) is 0. The van der Waals surface area contributed by atoms with E-state index in [1.54, 1.807) is 0 Å². The van der Waals surface area contributed by atoms with Crippen molar-refractivity contribution in [2.24, 2.45) is 0 Å². The Morgan fingerprint density at radius 1 is 0.360 bits per heavy atom. The van der Waals surface area contributed by atoms with Crippen molar-refractivity contribution in [1.29, 1.82) is 0 Å². The molecule has 11 aromatic rings. The van der Waals surface area contributed by atoms with Crippen molar-refractivity contribution in [2.75, 3.05) is 4.90 Å². The molecule has 234 valence electrons. The lowest BCUT2D eigenvalue weighted by Crippen LogP contribution is -2.09. The summed E-state index contributed by atoms with van der Waals surface area (Å²) in [5.41, 5.74) is 5.29. The van der Waals surface area contributed by atoms with Crippen LogP contribution in [0.3, 0.4) is 0 Å². The van der Waals surface area contributed by atoms with Crippen molar-refractivity contribution in [1.82, 2.24) is 0 Å². The summed E-state index contributed by atoms with van der Waals surface area (Å²) in [5, 5.41) is 11.3. The number of thiophene rings is 2. The fourth-order valence-corrected chi connectivity index (χ4v) is 9.81. The molecule has 3 aromatic heterocycles. The summed E-state index contributed by atoms with van der Waals surface area (Å²) in [6.07, 6.45) is 0. The van der Waals surface area contributed by atoms with Crippen LogP contribution in [-0.2, 0) is 0 Å². The Balaban J connectivity index is 1.09. The minimum atomic E-state index is 0.875. The molecule has 0 spiro atoms. The zero-order valence-corrected chi connectivity index (χ0v) is 28.4. The van der Waals surface area contributed by atoms with Gasteiger partial charge in [0.2, 0.25) is 0 Å². The summed E-state index contributed by atoms with van der Waals surface area (Å²) in [6, 6.07) is 59.7. The molecule has 0 amide bonds. The van der Waals surface area contributed by atoms with E-state index < -0.39 is 0 Å². The van der Waals surface area contributed by atoms with Gasteiger partial charge >= 0.3 is 0 Å². The van der Waals surface area contributed by atoms with E-state index in [1.165, 1.54) is 61.9 Å². The van der Waals surface area contributed by atoms with Crippen LogP contribution in [0.5, 0.6) is 0 Å². The highest BCUT2D eigenvalue weighted by atomic mass is 32.1. The van der Waals surface area contributed by atoms with Crippen LogP contribution < -0.4 is 4.90 Å². The largest absolute Gasteiger partial charge is 0.456 e. The predicted molar refractivity (Wildman–Crippen MR) is 217 cm³/mol. The van der Waals surface area contributed by atoms with Gasteiger partial charge in [0.05, 0.1) is 0 Å². The Labute approximate surface area is 295 Å². The Bertz CT molecular complexity index is 2920. The van der Waals surface area contributed by atoms with E-state index in [1.807, 2.05) is 40.9 Å². The standard InChI is InChI=1S/C46H27NOS2/c1-4-10-41-31(7-1)25-42(48-41)28-13-17-34(18-14-28)47(35-19-15-29-26-45-39(23-32(29)21-35)37-8-2-5-11-43(37)49-45)36-20-16-30-27-46-40(24-33(30)22-36)38-9-3-6-12-44(38)50-46/h1-27H. The molecule has 2 nitrogen and oxygen atoms in total. The quantitative estimate of drug-likeness (QED) is 0.185. The Kier molecular flexibility index (Phi) is 6.03. The van der Waals surface area contributed by atoms with Gasteiger partial charge in [-0.15, -0.1) is 22.7 Å². The topological polar surface area (TPSA) is 16.4 Å². The third-order valence-electron chi connectivity index (χ3n) is 9.99. The maximum atomic E-state index is 6.23. The van der Waals surface area contributed by atoms with Crippen molar-refractivity contribution in [2.45, 2.75) is 0 Å². The van der Waals surface area contributed by atoms with Crippen molar-refractivity contribution in [3.63, 3.8) is 0 Å². The first-order valence-corrected chi connectivity index (χ1v) is 18.4. The zero-order chi connectivity index (χ0) is 32.8. The van der Waals surface area contributed by atoms with Crippen molar-refractivity contribution in [3.8, 4) is 11.3 Å². The van der Waals surface area contributed by atoms with Crippen molar-refractivity contribution in [3.05, 3.63) is 164 Å². The molecule has 50 heavy (non-hydrogen) atoms. The monoisotopic (exact) mass is 673 g/mol. The van der Waals surface area contributed by atoms with Gasteiger partial charge in [-0.3, -0.25) is 0 Å². The van der Waals surface area contributed by atoms with Gasteiger partial charge < -0.3 is 9.32 Å². The second-order valence-corrected chi connectivity index (χ2v) is 15.2. The van der Waals surface area contributed by atoms with Gasteiger partial charge in [-0.05, 0) is 119 Å². The van der Waals surface area contributed by atoms with Crippen LogP contribution in [0.25, 0.3) is 84.2 Å². The fraction of sp³-hybridized carbons (Fsp3) is 0. The maximum Gasteiger partial charge on any atom is 0.135 e. The number of anilines is 3. The van der Waals surface area contributed by atoms with Gasteiger partial charge in [-0.2, -0.15) is 0 Å². The SMILES string of the molecule is c1ccc2oc(-c3ccc(N(c4ccc5cc6sc7ccccc7c6cc5c4)c4ccc5cc6sc7ccccc7c6cc5c4)cc3)cc2c1. The van der Waals surface area contributed by atoms with Crippen molar-refractivity contribution >= 4 is 113 Å². The van der Waals surface area contributed by atoms with Gasteiger partial charge in [0.15, 0.2) is 0 Å². The molecule has 0 atom stereocenters. The van der Waals surface area contributed by atoms with Gasteiger partial charge in [0, 0.05) is 68.4 Å². The zero-order valence-electron chi connectivity index (χ0n) is 26.8. The molecule has 0 N–H and O–H groups in total. The van der Waals surface area contributed by atoms with E-state index in [9.17, 15) is 0 Å². The molecule has 0 saturated heterocycles. The number of benzene rings is 8. The Hall–Kier alpha value is -5.94. The van der Waals surface area contributed by atoms with Gasteiger partial charge in [-0.1, -0.05) is 66.7 Å². The second kappa shape index (κ2) is 10.8. The van der Waals surface area contributed by atoms with Crippen LogP contribution in [0.1, 0.15) is 0 Å². The third-order valence-corrected chi connectivity index (χ3v) is 12.3. The number of para-hydroxylation sites is 1. The summed E-state index contributed by atoms with van der Waals surface area (Å²) in [6.45, 7) is 0. The molecule has 3 heterocycles. The molecule has 0 unspecified atom stereocenters. The summed E-state index contributed by atoms with van der Waals surface area (Å²) in [5.74, 6) is 0.875. The lowest BCUT2D eigenvalue weighted by Gasteiger charge is -2.26. The smallest absolute Gasteiger partial charge is 0.135 e. The molecule has 0 bridgehead atoms. The van der Waals surface area contributed by atoms with E-state index in [0.717, 1.165) is 39.4 Å². The number of fused-ring (bicyclic) bond motifs is 9. The molecule has 0 radical (unpaired) electrons. The van der Waals surface area contributed by atoms with Gasteiger partial charge in [-0.25, -0.2) is 0 Å². The van der Waals surface area contributed by atoms with E-state index in [4.69, 9.17) is 4.42 Å². The molecule has 4 heteroatoms. The first-order valence-electron chi connectivity index (χ1n) is 16.8. The van der Waals surface area contributed by atoms with Gasteiger partial charge in [0.25, 0.3) is 0 Å². The molecule has 11 rings (SSSR count). The average molecular weight is 674 g/mol. The summed E-state index contributed by atoms with van der Waals surface area (Å²) in [4.78, 5) is 2.38. The number of hydrogen-bond acceptors (Lipinski definition) is 4. The lowest BCUT2D eigenvalue weighted by molar-refractivity contribution is 0.631. The molecule has 0 aliphatic rings. The maximum absolute atomic E-state index is 6.23. The van der Waals surface area contributed by atoms with E-state index >= 15 is 0 Å². The lowest BCUT2D eigenvalue weighted by atomic mass is 10.0.